The van der Waals surface area contributed by atoms with Gasteiger partial charge in [-0.15, -0.1) is 0 Å². The molecule has 1 atom stereocenters. The van der Waals surface area contributed by atoms with Crippen LogP contribution in [0.25, 0.3) is 0 Å². The van der Waals surface area contributed by atoms with Crippen molar-refractivity contribution < 1.29 is 8.42 Å². The lowest BCUT2D eigenvalue weighted by Gasteiger charge is -2.19. The minimum absolute atomic E-state index is 0.139. The number of nitrogens with zero attached hydrogens (tertiary/aromatic N) is 2. The zero-order valence-electron chi connectivity index (χ0n) is 8.98. The second kappa shape index (κ2) is 5.29. The fourth-order valence-corrected chi connectivity index (χ4v) is 2.11. The molecule has 0 fully saturated rings. The lowest BCUT2D eigenvalue weighted by atomic mass is 10.2. The summed E-state index contributed by atoms with van der Waals surface area (Å²) in [4.78, 5) is 0. The van der Waals surface area contributed by atoms with Crippen LogP contribution < -0.4 is 4.72 Å². The second-order valence-electron chi connectivity index (χ2n) is 3.59. The van der Waals surface area contributed by atoms with Gasteiger partial charge >= 0.3 is 0 Å². The standard InChI is InChI=1S/C8H17N3O2S/c1-7(2)10-14(12,13)11(4)6-8(3)5-9/h7-8,10H,6H2,1-4H3. The van der Waals surface area contributed by atoms with Gasteiger partial charge in [0.2, 0.25) is 0 Å². The van der Waals surface area contributed by atoms with Crippen LogP contribution in [-0.4, -0.2) is 32.4 Å². The van der Waals surface area contributed by atoms with Gasteiger partial charge in [-0.05, 0) is 20.8 Å². The van der Waals surface area contributed by atoms with Crippen LogP contribution in [0.4, 0.5) is 0 Å². The maximum absolute atomic E-state index is 11.5. The van der Waals surface area contributed by atoms with Crippen molar-refractivity contribution in [3.63, 3.8) is 0 Å². The summed E-state index contributed by atoms with van der Waals surface area (Å²) in [6, 6.07) is 1.85. The van der Waals surface area contributed by atoms with Gasteiger partial charge in [0.15, 0.2) is 0 Å². The minimum Gasteiger partial charge on any atom is -0.200 e. The van der Waals surface area contributed by atoms with Crippen LogP contribution in [0.3, 0.4) is 0 Å². The van der Waals surface area contributed by atoms with Crippen molar-refractivity contribution in [3.8, 4) is 6.07 Å². The van der Waals surface area contributed by atoms with Gasteiger partial charge < -0.3 is 0 Å². The van der Waals surface area contributed by atoms with Gasteiger partial charge in [-0.2, -0.15) is 22.7 Å². The Morgan fingerprint density at radius 2 is 1.93 bits per heavy atom. The van der Waals surface area contributed by atoms with Crippen molar-refractivity contribution in [2.45, 2.75) is 26.8 Å². The van der Waals surface area contributed by atoms with Gasteiger partial charge in [0.1, 0.15) is 0 Å². The van der Waals surface area contributed by atoms with E-state index in [9.17, 15) is 8.42 Å². The van der Waals surface area contributed by atoms with E-state index in [0.29, 0.717) is 0 Å². The predicted octanol–water partition coefficient (Wildman–Crippen LogP) is 0.321. The topological polar surface area (TPSA) is 73.2 Å². The van der Waals surface area contributed by atoms with Crippen LogP contribution in [0.1, 0.15) is 20.8 Å². The van der Waals surface area contributed by atoms with Crippen LogP contribution in [0.2, 0.25) is 0 Å². The highest BCUT2D eigenvalue weighted by atomic mass is 32.2. The van der Waals surface area contributed by atoms with E-state index in [0.717, 1.165) is 4.31 Å². The Morgan fingerprint density at radius 3 is 2.29 bits per heavy atom. The quantitative estimate of drug-likeness (QED) is 0.723. The average Bonchev–Trinajstić information content (AvgIpc) is 2.01. The zero-order valence-corrected chi connectivity index (χ0v) is 9.80. The molecule has 14 heavy (non-hydrogen) atoms. The molecule has 0 heterocycles. The molecule has 0 radical (unpaired) electrons. The molecular weight excluding hydrogens is 202 g/mol. The molecule has 0 aromatic carbocycles. The monoisotopic (exact) mass is 219 g/mol. The fraction of sp³-hybridized carbons (Fsp3) is 0.875. The molecule has 82 valence electrons. The third kappa shape index (κ3) is 4.56. The lowest BCUT2D eigenvalue weighted by molar-refractivity contribution is 0.426. The molecular formula is C8H17N3O2S. The Kier molecular flexibility index (Phi) is 5.05. The van der Waals surface area contributed by atoms with Crippen molar-refractivity contribution in [1.29, 1.82) is 5.26 Å². The van der Waals surface area contributed by atoms with E-state index in [1.54, 1.807) is 20.8 Å². The Balaban J connectivity index is 4.38. The highest BCUT2D eigenvalue weighted by Crippen LogP contribution is 2.01. The number of nitriles is 1. The largest absolute Gasteiger partial charge is 0.279 e. The number of nitrogens with one attached hydrogen (secondary N) is 1. The predicted molar refractivity (Wildman–Crippen MR) is 54.6 cm³/mol. The lowest BCUT2D eigenvalue weighted by Crippen LogP contribution is -2.42. The van der Waals surface area contributed by atoms with Crippen molar-refractivity contribution >= 4 is 10.2 Å². The van der Waals surface area contributed by atoms with E-state index in [1.165, 1.54) is 7.05 Å². The zero-order chi connectivity index (χ0) is 11.4. The first-order chi connectivity index (χ1) is 6.29. The highest BCUT2D eigenvalue weighted by Gasteiger charge is 2.19. The summed E-state index contributed by atoms with van der Waals surface area (Å²) in [5.41, 5.74) is 0. The van der Waals surface area contributed by atoms with Gasteiger partial charge in [0.25, 0.3) is 10.2 Å². The van der Waals surface area contributed by atoms with Crippen LogP contribution in [0, 0.1) is 17.2 Å². The molecule has 0 aliphatic carbocycles. The first kappa shape index (κ1) is 13.4. The minimum atomic E-state index is -3.43. The number of hydrogen-bond acceptors (Lipinski definition) is 3. The van der Waals surface area contributed by atoms with Crippen LogP contribution >= 0.6 is 0 Å². The maximum atomic E-state index is 11.5. The van der Waals surface area contributed by atoms with Crippen molar-refractivity contribution in [2.75, 3.05) is 13.6 Å². The molecule has 1 unspecified atom stereocenters. The van der Waals surface area contributed by atoms with Crippen LogP contribution in [0.15, 0.2) is 0 Å². The summed E-state index contributed by atoms with van der Waals surface area (Å²) in [7, 11) is -1.98. The fourth-order valence-electron chi connectivity index (χ4n) is 0.912. The molecule has 1 N–H and O–H groups in total. The Bertz CT molecular complexity index is 305. The molecule has 0 rings (SSSR count). The number of hydrogen-bond donors (Lipinski definition) is 1. The maximum Gasteiger partial charge on any atom is 0.279 e. The van der Waals surface area contributed by atoms with E-state index in [-0.39, 0.29) is 18.5 Å². The molecule has 0 aliphatic heterocycles. The molecule has 5 nitrogen and oxygen atoms in total. The van der Waals surface area contributed by atoms with E-state index in [2.05, 4.69) is 4.72 Å². The second-order valence-corrected chi connectivity index (χ2v) is 5.40. The highest BCUT2D eigenvalue weighted by molar-refractivity contribution is 7.87. The smallest absolute Gasteiger partial charge is 0.200 e. The van der Waals surface area contributed by atoms with Crippen LogP contribution in [0.5, 0.6) is 0 Å². The summed E-state index contributed by atoms with van der Waals surface area (Å²) in [6.45, 7) is 5.39. The van der Waals surface area contributed by atoms with Crippen LogP contribution in [-0.2, 0) is 10.2 Å². The molecule has 0 aromatic rings. The van der Waals surface area contributed by atoms with Gasteiger partial charge in [-0.3, -0.25) is 0 Å². The molecule has 0 aliphatic rings. The summed E-state index contributed by atoms with van der Waals surface area (Å²) < 4.78 is 26.6. The first-order valence-corrected chi connectivity index (χ1v) is 5.86. The molecule has 0 aromatic heterocycles. The Morgan fingerprint density at radius 1 is 1.43 bits per heavy atom. The third-order valence-corrected chi connectivity index (χ3v) is 3.29. The first-order valence-electron chi connectivity index (χ1n) is 4.42. The van der Waals surface area contributed by atoms with E-state index in [4.69, 9.17) is 5.26 Å². The van der Waals surface area contributed by atoms with Gasteiger partial charge in [-0.25, -0.2) is 0 Å². The normalized spacial score (nSPS) is 14.4. The summed E-state index contributed by atoms with van der Waals surface area (Å²) in [6.07, 6.45) is 0. The van der Waals surface area contributed by atoms with E-state index >= 15 is 0 Å². The van der Waals surface area contributed by atoms with Crippen molar-refractivity contribution in [3.05, 3.63) is 0 Å². The molecule has 0 saturated heterocycles. The molecule has 6 heteroatoms. The summed E-state index contributed by atoms with van der Waals surface area (Å²) in [5, 5.41) is 8.54. The van der Waals surface area contributed by atoms with Crippen molar-refractivity contribution in [1.82, 2.24) is 9.03 Å². The molecule has 0 amide bonds. The van der Waals surface area contributed by atoms with E-state index in [1.807, 2.05) is 6.07 Å². The Labute approximate surface area is 85.9 Å². The van der Waals surface area contributed by atoms with E-state index < -0.39 is 10.2 Å². The molecule has 0 spiro atoms. The third-order valence-electron chi connectivity index (χ3n) is 1.55. The summed E-state index contributed by atoms with van der Waals surface area (Å²) >= 11 is 0. The average molecular weight is 219 g/mol. The Hall–Kier alpha value is -0.640. The molecule has 0 saturated carbocycles. The van der Waals surface area contributed by atoms with Gasteiger partial charge in [0, 0.05) is 19.6 Å². The molecule has 0 bridgehead atoms. The van der Waals surface area contributed by atoms with Crippen molar-refractivity contribution in [2.24, 2.45) is 5.92 Å². The summed E-state index contributed by atoms with van der Waals surface area (Å²) in [5.74, 6) is -0.302. The SMILES string of the molecule is CC(C#N)CN(C)S(=O)(=O)NC(C)C. The number of rotatable bonds is 5. The van der Waals surface area contributed by atoms with Gasteiger partial charge in [-0.1, -0.05) is 0 Å². The van der Waals surface area contributed by atoms with Gasteiger partial charge in [0.05, 0.1) is 12.0 Å².